The maximum absolute atomic E-state index is 13.1. The summed E-state index contributed by atoms with van der Waals surface area (Å²) in [6, 6.07) is 9.99. The normalized spacial score (nSPS) is 12.3. The van der Waals surface area contributed by atoms with Crippen LogP contribution in [0.2, 0.25) is 0 Å². The summed E-state index contributed by atoms with van der Waals surface area (Å²) in [5.41, 5.74) is 8.96. The minimum atomic E-state index is -0.305. The monoisotopic (exact) mass is 323 g/mol. The molecule has 0 fully saturated rings. The predicted octanol–water partition coefficient (Wildman–Crippen LogP) is 3.95. The molecule has 4 heteroatoms. The highest BCUT2D eigenvalue weighted by molar-refractivity contribution is 9.10. The minimum Gasteiger partial charge on any atom is -0.497 e. The van der Waals surface area contributed by atoms with Crippen molar-refractivity contribution in [2.24, 2.45) is 5.73 Å². The number of nitrogens with two attached hydrogens (primary N) is 1. The van der Waals surface area contributed by atoms with Gasteiger partial charge in [-0.3, -0.25) is 0 Å². The van der Waals surface area contributed by atoms with Gasteiger partial charge in [-0.1, -0.05) is 28.1 Å². The van der Waals surface area contributed by atoms with Crippen molar-refractivity contribution in [3.05, 3.63) is 63.4 Å². The summed E-state index contributed by atoms with van der Waals surface area (Å²) in [5.74, 6) is 0.515. The lowest BCUT2D eigenvalue weighted by Crippen LogP contribution is -2.14. The zero-order valence-corrected chi connectivity index (χ0v) is 12.4. The van der Waals surface area contributed by atoms with E-state index in [1.54, 1.807) is 13.2 Å². The van der Waals surface area contributed by atoms with Crippen LogP contribution < -0.4 is 10.5 Å². The van der Waals surface area contributed by atoms with Crippen molar-refractivity contribution in [2.45, 2.75) is 13.0 Å². The molecule has 2 nitrogen and oxygen atoms in total. The summed E-state index contributed by atoms with van der Waals surface area (Å²) >= 11 is 3.49. The van der Waals surface area contributed by atoms with Crippen LogP contribution in [0, 0.1) is 12.7 Å². The highest BCUT2D eigenvalue weighted by Crippen LogP contribution is 2.31. The van der Waals surface area contributed by atoms with Crippen LogP contribution in [0.15, 0.2) is 40.9 Å². The molecule has 1 unspecified atom stereocenters. The first-order valence-corrected chi connectivity index (χ1v) is 6.67. The lowest BCUT2D eigenvalue weighted by atomic mass is 9.95. The second-order valence-electron chi connectivity index (χ2n) is 4.37. The Bertz CT molecular complexity index is 601. The summed E-state index contributed by atoms with van der Waals surface area (Å²) < 4.78 is 19.2. The number of hydrogen-bond acceptors (Lipinski definition) is 2. The van der Waals surface area contributed by atoms with Crippen LogP contribution in [0.5, 0.6) is 5.75 Å². The van der Waals surface area contributed by atoms with Crippen molar-refractivity contribution in [1.82, 2.24) is 0 Å². The molecular formula is C15H15BrFNO. The second kappa shape index (κ2) is 5.72. The van der Waals surface area contributed by atoms with E-state index in [0.29, 0.717) is 0 Å². The zero-order chi connectivity index (χ0) is 14.0. The van der Waals surface area contributed by atoms with Crippen LogP contribution in [0.1, 0.15) is 22.7 Å². The Balaban J connectivity index is 2.41. The first kappa shape index (κ1) is 14.0. The van der Waals surface area contributed by atoms with Gasteiger partial charge in [0.05, 0.1) is 13.2 Å². The van der Waals surface area contributed by atoms with Gasteiger partial charge >= 0.3 is 0 Å². The summed E-state index contributed by atoms with van der Waals surface area (Å²) in [6.07, 6.45) is 0. The maximum Gasteiger partial charge on any atom is 0.123 e. The van der Waals surface area contributed by atoms with Crippen molar-refractivity contribution in [3.63, 3.8) is 0 Å². The second-order valence-corrected chi connectivity index (χ2v) is 5.22. The Kier molecular flexibility index (Phi) is 4.22. The van der Waals surface area contributed by atoms with E-state index >= 15 is 0 Å². The number of hydrogen-bond donors (Lipinski definition) is 1. The van der Waals surface area contributed by atoms with Crippen LogP contribution >= 0.6 is 15.9 Å². The van der Waals surface area contributed by atoms with Gasteiger partial charge in [-0.05, 0) is 47.9 Å². The van der Waals surface area contributed by atoms with E-state index in [1.165, 1.54) is 12.1 Å². The number of benzene rings is 2. The first-order chi connectivity index (χ1) is 9.02. The minimum absolute atomic E-state index is 0.248. The van der Waals surface area contributed by atoms with Gasteiger partial charge in [0.2, 0.25) is 0 Å². The van der Waals surface area contributed by atoms with Gasteiger partial charge in [0.1, 0.15) is 11.6 Å². The van der Waals surface area contributed by atoms with Crippen LogP contribution in [0.4, 0.5) is 4.39 Å². The Labute approximate surface area is 120 Å². The number of aryl methyl sites for hydroxylation is 1. The van der Waals surface area contributed by atoms with E-state index < -0.39 is 0 Å². The van der Waals surface area contributed by atoms with Gasteiger partial charge in [0.25, 0.3) is 0 Å². The van der Waals surface area contributed by atoms with Gasteiger partial charge < -0.3 is 10.5 Å². The summed E-state index contributed by atoms with van der Waals surface area (Å²) in [6.45, 7) is 1.86. The number of methoxy groups -OCH3 is 1. The maximum atomic E-state index is 13.1. The third kappa shape index (κ3) is 2.96. The fourth-order valence-corrected chi connectivity index (χ4v) is 2.65. The fraction of sp³-hybridized carbons (Fsp3) is 0.200. The van der Waals surface area contributed by atoms with Crippen LogP contribution in [-0.4, -0.2) is 7.11 Å². The molecule has 2 aromatic rings. The average Bonchev–Trinajstić information content (AvgIpc) is 2.37. The Morgan fingerprint density at radius 2 is 1.84 bits per heavy atom. The van der Waals surface area contributed by atoms with Crippen LogP contribution in [0.3, 0.4) is 0 Å². The highest BCUT2D eigenvalue weighted by atomic mass is 79.9. The third-order valence-electron chi connectivity index (χ3n) is 3.11. The van der Waals surface area contributed by atoms with Crippen molar-refractivity contribution in [3.8, 4) is 5.75 Å². The van der Waals surface area contributed by atoms with Gasteiger partial charge in [0.15, 0.2) is 0 Å². The molecule has 0 bridgehead atoms. The molecule has 0 amide bonds. The van der Waals surface area contributed by atoms with Crippen molar-refractivity contribution >= 4 is 15.9 Å². The molecule has 2 rings (SSSR count). The van der Waals surface area contributed by atoms with Crippen molar-refractivity contribution in [2.75, 3.05) is 7.11 Å². The van der Waals surface area contributed by atoms with E-state index in [2.05, 4.69) is 15.9 Å². The lowest BCUT2D eigenvalue weighted by Gasteiger charge is -2.17. The SMILES string of the molecule is COc1ccc(C(N)c2ccc(F)cc2C)c(Br)c1. The first-order valence-electron chi connectivity index (χ1n) is 5.88. The average molecular weight is 324 g/mol. The third-order valence-corrected chi connectivity index (χ3v) is 3.80. The topological polar surface area (TPSA) is 35.2 Å². The quantitative estimate of drug-likeness (QED) is 0.928. The molecular weight excluding hydrogens is 309 g/mol. The molecule has 0 radical (unpaired) electrons. The van der Waals surface area contributed by atoms with Crippen molar-refractivity contribution < 1.29 is 9.13 Å². The Morgan fingerprint density at radius 1 is 1.16 bits per heavy atom. The predicted molar refractivity (Wildman–Crippen MR) is 77.9 cm³/mol. The zero-order valence-electron chi connectivity index (χ0n) is 10.8. The van der Waals surface area contributed by atoms with E-state index in [4.69, 9.17) is 10.5 Å². The van der Waals surface area contributed by atoms with E-state index in [0.717, 1.165) is 26.9 Å². The molecule has 0 spiro atoms. The largest absolute Gasteiger partial charge is 0.497 e. The Morgan fingerprint density at radius 3 is 2.42 bits per heavy atom. The van der Waals surface area contributed by atoms with Crippen molar-refractivity contribution in [1.29, 1.82) is 0 Å². The molecule has 0 saturated carbocycles. The standard InChI is InChI=1S/C15H15BrFNO/c1-9-7-10(17)3-5-12(9)15(18)13-6-4-11(19-2)8-14(13)16/h3-8,15H,18H2,1-2H3. The van der Waals surface area contributed by atoms with E-state index in [9.17, 15) is 4.39 Å². The van der Waals surface area contributed by atoms with Gasteiger partial charge in [-0.25, -0.2) is 4.39 Å². The molecule has 0 aromatic heterocycles. The molecule has 100 valence electrons. The van der Waals surface area contributed by atoms with Gasteiger partial charge in [-0.2, -0.15) is 0 Å². The number of rotatable bonds is 3. The summed E-state index contributed by atoms with van der Waals surface area (Å²) in [5, 5.41) is 0. The van der Waals surface area contributed by atoms with Crippen LogP contribution in [0.25, 0.3) is 0 Å². The Hall–Kier alpha value is -1.39. The summed E-state index contributed by atoms with van der Waals surface area (Å²) in [7, 11) is 1.62. The molecule has 19 heavy (non-hydrogen) atoms. The van der Waals surface area contributed by atoms with Crippen LogP contribution in [-0.2, 0) is 0 Å². The van der Waals surface area contributed by atoms with E-state index in [1.807, 2.05) is 25.1 Å². The van der Waals surface area contributed by atoms with Gasteiger partial charge in [-0.15, -0.1) is 0 Å². The summed E-state index contributed by atoms with van der Waals surface area (Å²) in [4.78, 5) is 0. The smallest absolute Gasteiger partial charge is 0.123 e. The number of halogens is 2. The molecule has 0 aliphatic carbocycles. The van der Waals surface area contributed by atoms with E-state index in [-0.39, 0.29) is 11.9 Å². The highest BCUT2D eigenvalue weighted by Gasteiger charge is 2.15. The molecule has 0 saturated heterocycles. The number of ether oxygens (including phenoxy) is 1. The fourth-order valence-electron chi connectivity index (χ4n) is 2.04. The lowest BCUT2D eigenvalue weighted by molar-refractivity contribution is 0.414. The molecule has 1 atom stereocenters. The molecule has 2 aromatic carbocycles. The molecule has 0 aliphatic rings. The molecule has 2 N–H and O–H groups in total. The molecule has 0 aliphatic heterocycles. The molecule has 0 heterocycles. The van der Waals surface area contributed by atoms with Gasteiger partial charge in [0, 0.05) is 4.47 Å².